The average molecular weight is 120 g/mol. The van der Waals surface area contributed by atoms with Crippen LogP contribution in [0.4, 0.5) is 0 Å². The lowest BCUT2D eigenvalue weighted by Gasteiger charge is -1.74. The maximum atomic E-state index is 10.3. The van der Waals surface area contributed by atoms with Crippen molar-refractivity contribution in [2.24, 2.45) is 0 Å². The van der Waals surface area contributed by atoms with Crippen LogP contribution in [0.15, 0.2) is 0 Å². The molecule has 0 aliphatic heterocycles. The van der Waals surface area contributed by atoms with Crippen molar-refractivity contribution >= 4 is 11.6 Å². The topological polar surface area (TPSA) is 34.1 Å². The van der Waals surface area contributed by atoms with Gasteiger partial charge in [-0.3, -0.25) is 9.59 Å². The van der Waals surface area contributed by atoms with Crippen LogP contribution in [-0.2, 0) is 9.59 Å². The van der Waals surface area contributed by atoms with Gasteiger partial charge in [0, 0.05) is 6.92 Å². The van der Waals surface area contributed by atoms with Crippen molar-refractivity contribution < 1.29 is 9.59 Å². The molecule has 0 N–H and O–H groups in total. The van der Waals surface area contributed by atoms with Gasteiger partial charge in [0.2, 0.25) is 5.78 Å². The first-order chi connectivity index (χ1) is 4.18. The van der Waals surface area contributed by atoms with Gasteiger partial charge < -0.3 is 0 Å². The van der Waals surface area contributed by atoms with Crippen LogP contribution in [-0.4, -0.2) is 11.6 Å². The molecule has 0 amide bonds. The van der Waals surface area contributed by atoms with Crippen molar-refractivity contribution in [2.75, 3.05) is 0 Å². The zero-order valence-corrected chi connectivity index (χ0v) is 4.89. The standard InChI is InChI=1S/C7H4O2/c1-3-4-5-7(9)6(2)8/h1H,2H3. The third kappa shape index (κ3) is 3.08. The third-order valence-corrected chi connectivity index (χ3v) is 0.568. The van der Waals surface area contributed by atoms with Gasteiger partial charge in [-0.1, -0.05) is 0 Å². The summed E-state index contributed by atoms with van der Waals surface area (Å²) in [6, 6.07) is 0. The fraction of sp³-hybridized carbons (Fsp3) is 0.143. The minimum absolute atomic E-state index is 0.585. The van der Waals surface area contributed by atoms with Crippen molar-refractivity contribution in [1.82, 2.24) is 0 Å². The molecule has 44 valence electrons. The normalized spacial score (nSPS) is 6.22. The summed E-state index contributed by atoms with van der Waals surface area (Å²) < 4.78 is 0. The molecule has 0 fully saturated rings. The van der Waals surface area contributed by atoms with E-state index in [1.807, 2.05) is 17.8 Å². The van der Waals surface area contributed by atoms with Gasteiger partial charge in [-0.15, -0.1) is 6.42 Å². The second-order valence-corrected chi connectivity index (χ2v) is 1.28. The first-order valence-corrected chi connectivity index (χ1v) is 2.20. The molecule has 0 rings (SSSR count). The van der Waals surface area contributed by atoms with Gasteiger partial charge in [-0.25, -0.2) is 0 Å². The van der Waals surface area contributed by atoms with Crippen LogP contribution < -0.4 is 0 Å². The van der Waals surface area contributed by atoms with Crippen LogP contribution in [0.5, 0.6) is 0 Å². The number of terminal acetylenes is 1. The summed E-state index contributed by atoms with van der Waals surface area (Å²) in [4.78, 5) is 20.4. The zero-order chi connectivity index (χ0) is 7.28. The maximum Gasteiger partial charge on any atom is 0.272 e. The predicted molar refractivity (Wildman–Crippen MR) is 32.3 cm³/mol. The molecule has 0 aromatic carbocycles. The molecule has 0 unspecified atom stereocenters. The van der Waals surface area contributed by atoms with Crippen molar-refractivity contribution in [3.8, 4) is 24.2 Å². The Hall–Kier alpha value is -1.54. The Balaban J connectivity index is 4.13. The molecule has 0 spiro atoms. The number of hydrogen-bond acceptors (Lipinski definition) is 2. The molecule has 2 nitrogen and oxygen atoms in total. The summed E-state index contributed by atoms with van der Waals surface area (Å²) in [6.07, 6.45) is 4.69. The van der Waals surface area contributed by atoms with Gasteiger partial charge in [-0.2, -0.15) is 0 Å². The van der Waals surface area contributed by atoms with Gasteiger partial charge >= 0.3 is 0 Å². The smallest absolute Gasteiger partial charge is 0.272 e. The summed E-state index contributed by atoms with van der Waals surface area (Å²) in [6.45, 7) is 1.15. The van der Waals surface area contributed by atoms with E-state index in [-0.39, 0.29) is 0 Å². The van der Waals surface area contributed by atoms with Crippen LogP contribution in [0.2, 0.25) is 0 Å². The summed E-state index contributed by atoms with van der Waals surface area (Å²) in [5, 5.41) is 0. The van der Waals surface area contributed by atoms with Crippen LogP contribution in [0.3, 0.4) is 0 Å². The van der Waals surface area contributed by atoms with Crippen molar-refractivity contribution in [1.29, 1.82) is 0 Å². The van der Waals surface area contributed by atoms with Crippen LogP contribution in [0.1, 0.15) is 6.92 Å². The van der Waals surface area contributed by atoms with Crippen molar-refractivity contribution in [3.63, 3.8) is 0 Å². The zero-order valence-electron chi connectivity index (χ0n) is 4.89. The Morgan fingerprint density at radius 3 is 2.33 bits per heavy atom. The molecule has 0 saturated heterocycles. The quantitative estimate of drug-likeness (QED) is 0.272. The molecule has 0 atom stereocenters. The number of ketones is 2. The highest BCUT2D eigenvalue weighted by atomic mass is 16.2. The number of Topliss-reactive ketones (excluding diaryl/α,β-unsaturated/α-hetero) is 2. The second kappa shape index (κ2) is 3.46. The molecule has 0 heterocycles. The first-order valence-electron chi connectivity index (χ1n) is 2.20. The van der Waals surface area contributed by atoms with Gasteiger partial charge in [0.25, 0.3) is 5.78 Å². The van der Waals surface area contributed by atoms with Gasteiger partial charge in [0.15, 0.2) is 0 Å². The number of carbonyl (C=O) groups is 2. The van der Waals surface area contributed by atoms with E-state index in [4.69, 9.17) is 0 Å². The van der Waals surface area contributed by atoms with E-state index in [9.17, 15) is 9.59 Å². The first kappa shape index (κ1) is 7.46. The molecule has 9 heavy (non-hydrogen) atoms. The van der Waals surface area contributed by atoms with Crippen LogP contribution >= 0.6 is 0 Å². The Labute approximate surface area is 53.3 Å². The number of rotatable bonds is 1. The van der Waals surface area contributed by atoms with Gasteiger partial charge in [-0.05, 0) is 17.8 Å². The minimum Gasteiger partial charge on any atom is -0.290 e. The van der Waals surface area contributed by atoms with Crippen molar-refractivity contribution in [3.05, 3.63) is 0 Å². The van der Waals surface area contributed by atoms with Crippen molar-refractivity contribution in [2.45, 2.75) is 6.92 Å². The third-order valence-electron chi connectivity index (χ3n) is 0.568. The van der Waals surface area contributed by atoms with E-state index in [0.29, 0.717) is 0 Å². The summed E-state index contributed by atoms with van der Waals surface area (Å²) in [7, 11) is 0. The largest absolute Gasteiger partial charge is 0.290 e. The fourth-order valence-electron chi connectivity index (χ4n) is 0.181. The number of carbonyl (C=O) groups excluding carboxylic acids is 2. The Kier molecular flexibility index (Phi) is 2.87. The molecule has 0 aliphatic carbocycles. The lowest BCUT2D eigenvalue weighted by Crippen LogP contribution is -2.04. The van der Waals surface area contributed by atoms with E-state index >= 15 is 0 Å². The monoisotopic (exact) mass is 120 g/mol. The van der Waals surface area contributed by atoms with Crippen LogP contribution in [0.25, 0.3) is 0 Å². The highest BCUT2D eigenvalue weighted by Gasteiger charge is 2.00. The van der Waals surface area contributed by atoms with E-state index in [1.54, 1.807) is 0 Å². The van der Waals surface area contributed by atoms with Gasteiger partial charge in [0.1, 0.15) is 0 Å². The highest BCUT2D eigenvalue weighted by molar-refractivity contribution is 6.43. The van der Waals surface area contributed by atoms with E-state index in [0.717, 1.165) is 6.92 Å². The average Bonchev–Trinajstić information content (AvgIpc) is 1.82. The lowest BCUT2D eigenvalue weighted by atomic mass is 10.3. The molecule has 0 aromatic heterocycles. The number of hydrogen-bond donors (Lipinski definition) is 0. The summed E-state index contributed by atoms with van der Waals surface area (Å²) in [5.41, 5.74) is 0. The molecular weight excluding hydrogens is 116 g/mol. The Morgan fingerprint density at radius 1 is 1.44 bits per heavy atom. The molecule has 0 bridgehead atoms. The fourth-order valence-corrected chi connectivity index (χ4v) is 0.181. The Morgan fingerprint density at radius 2 is 2.00 bits per heavy atom. The molecule has 0 radical (unpaired) electrons. The summed E-state index contributed by atoms with van der Waals surface area (Å²) >= 11 is 0. The van der Waals surface area contributed by atoms with E-state index in [1.165, 1.54) is 0 Å². The Bertz CT molecular complexity index is 232. The molecule has 2 heteroatoms. The molecule has 0 aromatic rings. The second-order valence-electron chi connectivity index (χ2n) is 1.28. The van der Waals surface area contributed by atoms with Crippen LogP contribution in [0, 0.1) is 24.2 Å². The maximum absolute atomic E-state index is 10.3. The van der Waals surface area contributed by atoms with Gasteiger partial charge in [0.05, 0.1) is 0 Å². The predicted octanol–water partition coefficient (Wildman–Crippen LogP) is -0.219. The van der Waals surface area contributed by atoms with E-state index < -0.39 is 11.6 Å². The minimum atomic E-state index is -0.743. The lowest BCUT2D eigenvalue weighted by molar-refractivity contribution is -0.132. The highest BCUT2D eigenvalue weighted by Crippen LogP contribution is 1.69. The van der Waals surface area contributed by atoms with E-state index in [2.05, 4.69) is 6.42 Å². The molecule has 0 aliphatic rings. The SMILES string of the molecule is C#CC#CC(=O)C(C)=O. The molecule has 0 saturated carbocycles. The molecular formula is C7H4O2. The summed E-state index contributed by atoms with van der Waals surface area (Å²) in [5.74, 6) is 4.59.